The van der Waals surface area contributed by atoms with Crippen molar-refractivity contribution in [1.82, 2.24) is 0 Å². The summed E-state index contributed by atoms with van der Waals surface area (Å²) in [6.07, 6.45) is 12.1. The van der Waals surface area contributed by atoms with Crippen LogP contribution in [0.15, 0.2) is 22.8 Å². The zero-order valence-corrected chi connectivity index (χ0v) is 15.5. The zero-order valence-electron chi connectivity index (χ0n) is 14.5. The van der Waals surface area contributed by atoms with Gasteiger partial charge in [-0.1, -0.05) is 58.7 Å². The van der Waals surface area contributed by atoms with Gasteiger partial charge in [0.1, 0.15) is 8.07 Å². The predicted molar refractivity (Wildman–Crippen MR) is 95.1 cm³/mol. The summed E-state index contributed by atoms with van der Waals surface area (Å²) in [6.45, 7) is 9.41. The van der Waals surface area contributed by atoms with E-state index in [2.05, 4.69) is 26.6 Å². The monoisotopic (exact) mass is 322 g/mol. The van der Waals surface area contributed by atoms with E-state index >= 15 is 0 Å². The summed E-state index contributed by atoms with van der Waals surface area (Å²) in [5.41, 5.74) is 0.925. The summed E-state index contributed by atoms with van der Waals surface area (Å²) in [6, 6.07) is 2.02. The molecule has 0 fully saturated rings. The second-order valence-corrected chi connectivity index (χ2v) is 11.8. The van der Waals surface area contributed by atoms with Gasteiger partial charge in [0, 0.05) is 11.6 Å². The van der Waals surface area contributed by atoms with Crippen molar-refractivity contribution >= 4 is 25.5 Å². The van der Waals surface area contributed by atoms with E-state index in [1.807, 2.05) is 6.07 Å². The number of furan rings is 1. The first kappa shape index (κ1) is 18.8. The van der Waals surface area contributed by atoms with E-state index in [1.54, 1.807) is 12.3 Å². The largest absolute Gasteiger partial charge is 0.474 e. The predicted octanol–water partition coefficient (Wildman–Crippen LogP) is 4.74. The molecule has 0 unspecified atom stereocenters. The molecule has 0 saturated carbocycles. The number of carbonyl (C=O) groups excluding carboxylic acids is 1. The molecule has 0 radical (unpaired) electrons. The second-order valence-electron chi connectivity index (χ2n) is 6.76. The molecule has 22 heavy (non-hydrogen) atoms. The minimum Gasteiger partial charge on any atom is -0.474 e. The number of ether oxygens (including phenoxy) is 1. The van der Waals surface area contributed by atoms with Crippen LogP contribution in [-0.4, -0.2) is 20.7 Å². The molecule has 0 spiro atoms. The summed E-state index contributed by atoms with van der Waals surface area (Å²) < 4.78 is 10.8. The smallest absolute Gasteiger partial charge is 0.330 e. The Morgan fingerprint density at radius 1 is 1.18 bits per heavy atom. The van der Waals surface area contributed by atoms with Gasteiger partial charge in [-0.2, -0.15) is 0 Å². The highest BCUT2D eigenvalue weighted by atomic mass is 28.3. The molecule has 0 aliphatic heterocycles. The Kier molecular flexibility index (Phi) is 8.24. The molecule has 4 heteroatoms. The van der Waals surface area contributed by atoms with Gasteiger partial charge in [0.25, 0.3) is 0 Å². The van der Waals surface area contributed by atoms with Crippen LogP contribution in [0.1, 0.15) is 51.0 Å². The average molecular weight is 323 g/mol. The van der Waals surface area contributed by atoms with Crippen molar-refractivity contribution in [1.29, 1.82) is 0 Å². The topological polar surface area (TPSA) is 39.4 Å². The molecular formula is C18H30O3Si. The highest BCUT2D eigenvalue weighted by molar-refractivity contribution is 6.87. The van der Waals surface area contributed by atoms with E-state index in [9.17, 15) is 4.79 Å². The van der Waals surface area contributed by atoms with Crippen molar-refractivity contribution in [2.45, 2.75) is 65.1 Å². The molecule has 0 bridgehead atoms. The number of esters is 1. The maximum atomic E-state index is 11.6. The Bertz CT molecular complexity index is 469. The maximum Gasteiger partial charge on any atom is 0.330 e. The lowest BCUT2D eigenvalue weighted by Crippen LogP contribution is -2.36. The molecule has 0 aromatic carbocycles. The first-order valence-electron chi connectivity index (χ1n) is 8.37. The third-order valence-corrected chi connectivity index (χ3v) is 5.25. The van der Waals surface area contributed by atoms with Crippen molar-refractivity contribution < 1.29 is 13.9 Å². The lowest BCUT2D eigenvalue weighted by Gasteiger charge is -2.10. The third kappa shape index (κ3) is 7.64. The van der Waals surface area contributed by atoms with Crippen molar-refractivity contribution in [2.75, 3.05) is 6.61 Å². The van der Waals surface area contributed by atoms with Crippen LogP contribution in [0.3, 0.4) is 0 Å². The van der Waals surface area contributed by atoms with Gasteiger partial charge in [-0.25, -0.2) is 4.79 Å². The van der Waals surface area contributed by atoms with Gasteiger partial charge < -0.3 is 9.15 Å². The highest BCUT2D eigenvalue weighted by Crippen LogP contribution is 2.09. The Balaban J connectivity index is 2.23. The average Bonchev–Trinajstić information content (AvgIpc) is 2.93. The molecule has 1 heterocycles. The van der Waals surface area contributed by atoms with Gasteiger partial charge >= 0.3 is 5.97 Å². The zero-order chi connectivity index (χ0) is 16.4. The second kappa shape index (κ2) is 9.67. The molecule has 0 atom stereocenters. The third-order valence-electron chi connectivity index (χ3n) is 3.51. The summed E-state index contributed by atoms with van der Waals surface area (Å²) in [5, 5.41) is 1.05. The van der Waals surface area contributed by atoms with Crippen molar-refractivity contribution in [3.63, 3.8) is 0 Å². The van der Waals surface area contributed by atoms with Crippen molar-refractivity contribution in [3.8, 4) is 0 Å². The fraction of sp³-hybridized carbons (Fsp3) is 0.611. The van der Waals surface area contributed by atoms with Crippen LogP contribution in [0, 0.1) is 0 Å². The molecule has 0 amide bonds. The molecule has 1 rings (SSSR count). The normalized spacial score (nSPS) is 12.0. The Morgan fingerprint density at radius 2 is 1.86 bits per heavy atom. The van der Waals surface area contributed by atoms with Crippen LogP contribution in [-0.2, 0) is 9.53 Å². The van der Waals surface area contributed by atoms with Gasteiger partial charge in [-0.05, 0) is 18.6 Å². The van der Waals surface area contributed by atoms with Crippen LogP contribution in [0.5, 0.6) is 0 Å². The van der Waals surface area contributed by atoms with Crippen LogP contribution in [0.4, 0.5) is 0 Å². The van der Waals surface area contributed by atoms with Gasteiger partial charge in [0.2, 0.25) is 0 Å². The summed E-state index contributed by atoms with van der Waals surface area (Å²) in [7, 11) is -1.43. The van der Waals surface area contributed by atoms with Crippen LogP contribution in [0.2, 0.25) is 19.6 Å². The summed E-state index contributed by atoms with van der Waals surface area (Å²) in [4.78, 5) is 11.6. The van der Waals surface area contributed by atoms with E-state index in [0.29, 0.717) is 6.61 Å². The maximum absolute atomic E-state index is 11.6. The molecule has 124 valence electrons. The van der Waals surface area contributed by atoms with Crippen molar-refractivity contribution in [3.05, 3.63) is 24.0 Å². The minimum atomic E-state index is -1.43. The number of carbonyl (C=O) groups is 1. The lowest BCUT2D eigenvalue weighted by molar-refractivity contribution is -0.137. The van der Waals surface area contributed by atoms with E-state index in [1.165, 1.54) is 31.8 Å². The SMILES string of the molecule is CCCCCCCCOC(=O)C=Cc1coc([Si](C)(C)C)c1. The van der Waals surface area contributed by atoms with Gasteiger partial charge in [0.05, 0.1) is 18.3 Å². The van der Waals surface area contributed by atoms with Crippen LogP contribution >= 0.6 is 0 Å². The van der Waals surface area contributed by atoms with Gasteiger partial charge in [0.15, 0.2) is 0 Å². The highest BCUT2D eigenvalue weighted by Gasteiger charge is 2.20. The quantitative estimate of drug-likeness (QED) is 0.270. The molecule has 0 aliphatic rings. The Labute approximate surface area is 135 Å². The van der Waals surface area contributed by atoms with E-state index < -0.39 is 8.07 Å². The number of rotatable bonds is 10. The van der Waals surface area contributed by atoms with E-state index in [0.717, 1.165) is 23.8 Å². The first-order valence-corrected chi connectivity index (χ1v) is 11.9. The molecule has 1 aromatic heterocycles. The standard InChI is InChI=1S/C18H30O3Si/c1-5-6-7-8-9-10-13-20-17(19)12-11-16-14-18(21-15-16)22(2,3)4/h11-12,14-15H,5-10,13H2,1-4H3. The van der Waals surface area contributed by atoms with E-state index in [4.69, 9.17) is 9.15 Å². The van der Waals surface area contributed by atoms with Crippen LogP contribution in [0.25, 0.3) is 6.08 Å². The number of unbranched alkanes of at least 4 members (excludes halogenated alkanes) is 5. The molecule has 3 nitrogen and oxygen atoms in total. The summed E-state index contributed by atoms with van der Waals surface area (Å²) >= 11 is 0. The Hall–Kier alpha value is -1.29. The first-order chi connectivity index (χ1) is 10.4. The lowest BCUT2D eigenvalue weighted by atomic mass is 10.1. The molecule has 0 aliphatic carbocycles. The minimum absolute atomic E-state index is 0.274. The van der Waals surface area contributed by atoms with E-state index in [-0.39, 0.29) is 5.97 Å². The molecular weight excluding hydrogens is 292 g/mol. The van der Waals surface area contributed by atoms with Gasteiger partial charge in [-0.3, -0.25) is 0 Å². The van der Waals surface area contributed by atoms with Crippen LogP contribution < -0.4 is 5.38 Å². The number of hydrogen-bond donors (Lipinski definition) is 0. The molecule has 1 aromatic rings. The summed E-state index contributed by atoms with van der Waals surface area (Å²) in [5.74, 6) is -0.274. The molecule has 0 saturated heterocycles. The Morgan fingerprint density at radius 3 is 2.50 bits per heavy atom. The van der Waals surface area contributed by atoms with Gasteiger partial charge in [-0.15, -0.1) is 0 Å². The fourth-order valence-corrected chi connectivity index (χ4v) is 3.11. The number of hydrogen-bond acceptors (Lipinski definition) is 3. The fourth-order valence-electron chi connectivity index (χ4n) is 2.10. The van der Waals surface area contributed by atoms with Crippen molar-refractivity contribution in [2.24, 2.45) is 0 Å². The molecule has 0 N–H and O–H groups in total.